The van der Waals surface area contributed by atoms with Crippen LogP contribution in [0.2, 0.25) is 0 Å². The van der Waals surface area contributed by atoms with Gasteiger partial charge in [0.15, 0.2) is 0 Å². The van der Waals surface area contributed by atoms with Crippen LogP contribution in [0, 0.1) is 0 Å². The Kier molecular flexibility index (Phi) is 8.47. The average molecular weight is 384 g/mol. The molecule has 1 aromatic carbocycles. The molecule has 0 aliphatic rings. The van der Waals surface area contributed by atoms with Crippen molar-refractivity contribution in [2.45, 2.75) is 38.2 Å². The van der Waals surface area contributed by atoms with Crippen molar-refractivity contribution in [1.29, 1.82) is 0 Å². The van der Waals surface area contributed by atoms with Gasteiger partial charge in [-0.15, -0.1) is 0 Å². The Hall–Kier alpha value is -2.03. The first-order valence-corrected chi connectivity index (χ1v) is 9.64. The molecule has 0 aromatic heterocycles. The quantitative estimate of drug-likeness (QED) is 0.294. The molecule has 1 aromatic rings. The molecule has 0 fully saturated rings. The van der Waals surface area contributed by atoms with E-state index in [1.165, 1.54) is 10.8 Å². The monoisotopic (exact) mass is 384 g/mol. The van der Waals surface area contributed by atoms with Crippen LogP contribution in [0.4, 0.5) is 10.5 Å². The Labute approximate surface area is 153 Å². The average Bonchev–Trinajstić information content (AvgIpc) is 2.52. The summed E-state index contributed by atoms with van der Waals surface area (Å²) in [6.45, 7) is 6.05. The minimum atomic E-state index is -1.11. The Bertz CT molecular complexity index is 640. The van der Waals surface area contributed by atoms with Crippen LogP contribution in [0.5, 0.6) is 0 Å². The molecular weight excluding hydrogens is 364 g/mol. The van der Waals surface area contributed by atoms with E-state index in [0.717, 1.165) is 0 Å². The number of hydrogen-bond acceptors (Lipinski definition) is 6. The first-order valence-electron chi connectivity index (χ1n) is 7.32. The highest BCUT2D eigenvalue weighted by atomic mass is 33.1. The topological polar surface area (TPSA) is 124 Å². The second-order valence-corrected chi connectivity index (χ2v) is 9.11. The van der Waals surface area contributed by atoms with Crippen LogP contribution in [-0.4, -0.2) is 33.7 Å². The molecule has 0 aliphatic heterocycles. The van der Waals surface area contributed by atoms with E-state index in [2.05, 4.69) is 15.3 Å². The van der Waals surface area contributed by atoms with E-state index < -0.39 is 18.1 Å². The van der Waals surface area contributed by atoms with Gasteiger partial charge in [0.05, 0.1) is 0 Å². The van der Waals surface area contributed by atoms with Crippen LogP contribution in [-0.2, 0) is 16.1 Å². The van der Waals surface area contributed by atoms with Gasteiger partial charge in [0, 0.05) is 21.1 Å². The van der Waals surface area contributed by atoms with Crippen LogP contribution in [0.3, 0.4) is 0 Å². The molecule has 0 aliphatic carbocycles. The molecule has 0 bridgehead atoms. The molecule has 1 rings (SSSR count). The van der Waals surface area contributed by atoms with Crippen molar-refractivity contribution in [2.75, 3.05) is 5.75 Å². The van der Waals surface area contributed by atoms with Gasteiger partial charge in [-0.2, -0.15) is 0 Å². The third kappa shape index (κ3) is 9.13. The van der Waals surface area contributed by atoms with Gasteiger partial charge in [-0.1, -0.05) is 71.7 Å². The normalized spacial score (nSPS) is 12.0. The summed E-state index contributed by atoms with van der Waals surface area (Å²) in [6, 6.07) is 5.47. The number of rotatable bonds is 8. The summed E-state index contributed by atoms with van der Waals surface area (Å²) < 4.78 is 5.02. The highest BCUT2D eigenvalue weighted by Gasteiger charge is 2.22. The second-order valence-electron chi connectivity index (χ2n) is 5.95. The molecule has 10 heteroatoms. The fourth-order valence-corrected chi connectivity index (χ4v) is 3.95. The third-order valence-electron chi connectivity index (χ3n) is 2.60. The Morgan fingerprint density at radius 1 is 1.36 bits per heavy atom. The van der Waals surface area contributed by atoms with Gasteiger partial charge >= 0.3 is 12.1 Å². The number of nitrogens with zero attached hydrogens (tertiary/aromatic N) is 3. The zero-order valence-electron chi connectivity index (χ0n) is 14.1. The van der Waals surface area contributed by atoms with Gasteiger partial charge in [0.2, 0.25) is 0 Å². The molecule has 2 N–H and O–H groups in total. The third-order valence-corrected chi connectivity index (χ3v) is 5.95. The second kappa shape index (κ2) is 10.1. The number of carbonyl (C=O) groups is 2. The molecular formula is C15H20N4O4S2. The van der Waals surface area contributed by atoms with E-state index in [9.17, 15) is 14.7 Å². The fourth-order valence-electron chi connectivity index (χ4n) is 1.50. The summed E-state index contributed by atoms with van der Waals surface area (Å²) >= 11 is 0. The van der Waals surface area contributed by atoms with E-state index in [4.69, 9.17) is 10.3 Å². The molecule has 0 radical (unpaired) electrons. The van der Waals surface area contributed by atoms with Crippen molar-refractivity contribution in [3.63, 3.8) is 0 Å². The van der Waals surface area contributed by atoms with Gasteiger partial charge in [-0.25, -0.2) is 9.59 Å². The van der Waals surface area contributed by atoms with Gasteiger partial charge in [-0.05, 0) is 11.1 Å². The highest BCUT2D eigenvalue weighted by Crippen LogP contribution is 2.35. The van der Waals surface area contributed by atoms with Crippen molar-refractivity contribution in [2.24, 2.45) is 5.11 Å². The summed E-state index contributed by atoms with van der Waals surface area (Å²) in [5, 5.41) is 15.0. The summed E-state index contributed by atoms with van der Waals surface area (Å²) in [5.41, 5.74) is 9.47. The number of carboxylic acid groups (broad SMARTS) is 1. The molecule has 0 spiro atoms. The Balaban J connectivity index is 2.46. The summed E-state index contributed by atoms with van der Waals surface area (Å²) in [6.07, 6.45) is -0.798. The lowest BCUT2D eigenvalue weighted by Crippen LogP contribution is -2.42. The molecule has 0 saturated heterocycles. The number of alkyl carbamates (subject to hydrolysis) is 1. The lowest BCUT2D eigenvalue weighted by molar-refractivity contribution is -0.138. The lowest BCUT2D eigenvalue weighted by atomic mass is 10.2. The number of amides is 1. The van der Waals surface area contributed by atoms with Gasteiger partial charge in [0.25, 0.3) is 0 Å². The maximum atomic E-state index is 11.8. The Morgan fingerprint density at radius 2 is 2.00 bits per heavy atom. The van der Waals surface area contributed by atoms with Crippen molar-refractivity contribution in [3.8, 4) is 0 Å². The molecule has 1 atom stereocenters. The van der Waals surface area contributed by atoms with Crippen LogP contribution in [0.25, 0.3) is 10.4 Å². The number of nitrogens with one attached hydrogen (secondary N) is 1. The van der Waals surface area contributed by atoms with Gasteiger partial charge < -0.3 is 15.2 Å². The standard InChI is InChI=1S/C15H20N4O4S2/c1-15(2,3)25-24-9-12(13(20)21)17-14(22)23-8-10-4-6-11(7-5-10)18-19-16/h4-7,12H,8-9H2,1-3H3,(H,17,22)(H,20,21)/t12-/m1/s1. The highest BCUT2D eigenvalue weighted by molar-refractivity contribution is 8.77. The summed E-state index contributed by atoms with van der Waals surface area (Å²) in [5.74, 6) is -0.884. The van der Waals surface area contributed by atoms with E-state index in [1.807, 2.05) is 20.8 Å². The SMILES string of the molecule is CC(C)(C)SSC[C@@H](NC(=O)OCc1ccc(N=[N+]=[N-])cc1)C(=O)O. The van der Waals surface area contributed by atoms with E-state index in [-0.39, 0.29) is 17.1 Å². The molecule has 0 unspecified atom stereocenters. The summed E-state index contributed by atoms with van der Waals surface area (Å²) in [7, 11) is 2.93. The van der Waals surface area contributed by atoms with Crippen molar-refractivity contribution >= 4 is 39.3 Å². The maximum absolute atomic E-state index is 11.8. The number of aliphatic carboxylic acids is 1. The predicted octanol–water partition coefficient (Wildman–Crippen LogP) is 4.49. The number of ether oxygens (including phenoxy) is 1. The number of azide groups is 1. The van der Waals surface area contributed by atoms with Crippen LogP contribution < -0.4 is 5.32 Å². The Morgan fingerprint density at radius 3 is 2.52 bits per heavy atom. The van der Waals surface area contributed by atoms with Crippen LogP contribution >= 0.6 is 21.6 Å². The van der Waals surface area contributed by atoms with E-state index in [1.54, 1.807) is 35.1 Å². The van der Waals surface area contributed by atoms with Crippen molar-refractivity contribution in [3.05, 3.63) is 40.3 Å². The van der Waals surface area contributed by atoms with Crippen molar-refractivity contribution < 1.29 is 19.4 Å². The number of carboxylic acids is 1. The van der Waals surface area contributed by atoms with Gasteiger partial charge in [-0.3, -0.25) is 0 Å². The molecule has 25 heavy (non-hydrogen) atoms. The molecule has 0 heterocycles. The maximum Gasteiger partial charge on any atom is 0.408 e. The fraction of sp³-hybridized carbons (Fsp3) is 0.467. The minimum Gasteiger partial charge on any atom is -0.480 e. The largest absolute Gasteiger partial charge is 0.480 e. The molecule has 136 valence electrons. The predicted molar refractivity (Wildman–Crippen MR) is 99.8 cm³/mol. The van der Waals surface area contributed by atoms with Crippen molar-refractivity contribution in [1.82, 2.24) is 5.32 Å². The lowest BCUT2D eigenvalue weighted by Gasteiger charge is -2.19. The minimum absolute atomic E-state index is 0.00398. The van der Waals surface area contributed by atoms with Gasteiger partial charge in [0.1, 0.15) is 12.6 Å². The first-order chi connectivity index (χ1) is 11.7. The first kappa shape index (κ1) is 21.0. The van der Waals surface area contributed by atoms with Crippen LogP contribution in [0.1, 0.15) is 26.3 Å². The summed E-state index contributed by atoms with van der Waals surface area (Å²) in [4.78, 5) is 25.7. The van der Waals surface area contributed by atoms with E-state index >= 15 is 0 Å². The number of hydrogen-bond donors (Lipinski definition) is 2. The number of benzene rings is 1. The number of carbonyl (C=O) groups excluding carboxylic acids is 1. The van der Waals surface area contributed by atoms with E-state index in [0.29, 0.717) is 11.3 Å². The zero-order chi connectivity index (χ0) is 18.9. The molecule has 8 nitrogen and oxygen atoms in total. The molecule has 1 amide bonds. The van der Waals surface area contributed by atoms with Crippen LogP contribution in [0.15, 0.2) is 29.4 Å². The smallest absolute Gasteiger partial charge is 0.408 e. The zero-order valence-corrected chi connectivity index (χ0v) is 15.8. The molecule has 0 saturated carbocycles.